The Bertz CT molecular complexity index is 341. The third-order valence-electron chi connectivity index (χ3n) is 3.12. The lowest BCUT2D eigenvalue weighted by Gasteiger charge is -2.26. The topological polar surface area (TPSA) is 30.5 Å². The second kappa shape index (κ2) is 6.62. The van der Waals surface area contributed by atoms with Gasteiger partial charge in [-0.2, -0.15) is 0 Å². The van der Waals surface area contributed by atoms with Crippen LogP contribution in [0, 0.1) is 0 Å². The fourth-order valence-corrected chi connectivity index (χ4v) is 2.20. The number of hydrogen-bond acceptors (Lipinski definition) is 3. The number of fused-ring (bicyclic) bond motifs is 1. The maximum Gasteiger partial charge on any atom is 0.124 e. The highest BCUT2D eigenvalue weighted by Gasteiger charge is 2.19. The molecule has 0 amide bonds. The summed E-state index contributed by atoms with van der Waals surface area (Å²) in [7, 11) is 1.75. The van der Waals surface area contributed by atoms with E-state index in [9.17, 15) is 0 Å². The molecule has 1 heterocycles. The Morgan fingerprint density at radius 1 is 1.35 bits per heavy atom. The Morgan fingerprint density at radius 2 is 2.24 bits per heavy atom. The van der Waals surface area contributed by atoms with Crippen LogP contribution in [-0.2, 0) is 4.74 Å². The van der Waals surface area contributed by atoms with E-state index in [1.807, 2.05) is 12.1 Å². The maximum absolute atomic E-state index is 5.64. The van der Waals surface area contributed by atoms with Crippen LogP contribution in [0.3, 0.4) is 0 Å². The predicted molar refractivity (Wildman–Crippen MR) is 68.4 cm³/mol. The number of para-hydroxylation sites is 1. The molecule has 0 aliphatic carbocycles. The Balaban J connectivity index is 1.82. The van der Waals surface area contributed by atoms with Crippen molar-refractivity contribution in [3.63, 3.8) is 0 Å². The van der Waals surface area contributed by atoms with Crippen molar-refractivity contribution in [1.29, 1.82) is 0 Å². The highest BCUT2D eigenvalue weighted by atomic mass is 16.5. The van der Waals surface area contributed by atoms with Crippen molar-refractivity contribution < 1.29 is 9.47 Å². The molecule has 0 radical (unpaired) electrons. The quantitative estimate of drug-likeness (QED) is 0.769. The molecule has 0 spiro atoms. The van der Waals surface area contributed by atoms with Crippen LogP contribution in [0.4, 0.5) is 0 Å². The molecule has 1 aliphatic heterocycles. The van der Waals surface area contributed by atoms with E-state index >= 15 is 0 Å². The van der Waals surface area contributed by atoms with Gasteiger partial charge in [0.1, 0.15) is 5.75 Å². The summed E-state index contributed by atoms with van der Waals surface area (Å²) in [6.45, 7) is 2.71. The van der Waals surface area contributed by atoms with Crippen LogP contribution in [0.15, 0.2) is 24.3 Å². The summed E-state index contributed by atoms with van der Waals surface area (Å²) in [6.07, 6.45) is 3.34. The van der Waals surface area contributed by atoms with Crippen LogP contribution in [0.25, 0.3) is 0 Å². The third-order valence-corrected chi connectivity index (χ3v) is 3.12. The van der Waals surface area contributed by atoms with E-state index in [0.717, 1.165) is 44.8 Å². The molecule has 1 N–H and O–H groups in total. The molecule has 0 saturated heterocycles. The van der Waals surface area contributed by atoms with Crippen molar-refractivity contribution in [2.24, 2.45) is 0 Å². The molecule has 94 valence electrons. The number of methoxy groups -OCH3 is 1. The van der Waals surface area contributed by atoms with Crippen molar-refractivity contribution in [1.82, 2.24) is 5.32 Å². The fraction of sp³-hybridized carbons (Fsp3) is 0.571. The molecule has 1 aliphatic rings. The molecular formula is C14H21NO2. The zero-order valence-electron chi connectivity index (χ0n) is 10.4. The molecule has 0 fully saturated rings. The molecule has 17 heavy (non-hydrogen) atoms. The summed E-state index contributed by atoms with van der Waals surface area (Å²) in [5.74, 6) is 1.04. The molecule has 1 unspecified atom stereocenters. The Kier molecular flexibility index (Phi) is 4.83. The number of hydrogen-bond donors (Lipinski definition) is 1. The predicted octanol–water partition coefficient (Wildman–Crippen LogP) is 2.53. The first-order valence-corrected chi connectivity index (χ1v) is 6.36. The standard InChI is InChI=1S/C14H21NO2/c1-16-10-5-4-9-15-13-8-11-17-14-7-3-2-6-12(13)14/h2-3,6-7,13,15H,4-5,8-11H2,1H3. The monoisotopic (exact) mass is 235 g/mol. The van der Waals surface area contributed by atoms with Gasteiger partial charge >= 0.3 is 0 Å². The average molecular weight is 235 g/mol. The number of benzene rings is 1. The van der Waals surface area contributed by atoms with E-state index in [1.165, 1.54) is 5.56 Å². The first kappa shape index (κ1) is 12.4. The van der Waals surface area contributed by atoms with Crippen molar-refractivity contribution >= 4 is 0 Å². The third kappa shape index (κ3) is 3.45. The molecule has 1 aromatic carbocycles. The maximum atomic E-state index is 5.64. The average Bonchev–Trinajstić information content (AvgIpc) is 2.39. The second-order valence-electron chi connectivity index (χ2n) is 4.38. The van der Waals surface area contributed by atoms with Crippen molar-refractivity contribution in [3.05, 3.63) is 29.8 Å². The van der Waals surface area contributed by atoms with E-state index in [-0.39, 0.29) is 0 Å². The lowest BCUT2D eigenvalue weighted by Crippen LogP contribution is -2.27. The van der Waals surface area contributed by atoms with Crippen LogP contribution in [-0.4, -0.2) is 26.9 Å². The zero-order valence-corrected chi connectivity index (χ0v) is 10.4. The minimum absolute atomic E-state index is 0.447. The first-order chi connectivity index (χ1) is 8.42. The SMILES string of the molecule is COCCCCNC1CCOc2ccccc21. The van der Waals surface area contributed by atoms with Gasteiger partial charge in [-0.25, -0.2) is 0 Å². The highest BCUT2D eigenvalue weighted by Crippen LogP contribution is 2.31. The molecule has 3 nitrogen and oxygen atoms in total. The Hall–Kier alpha value is -1.06. The lowest BCUT2D eigenvalue weighted by molar-refractivity contribution is 0.191. The highest BCUT2D eigenvalue weighted by molar-refractivity contribution is 5.37. The lowest BCUT2D eigenvalue weighted by atomic mass is 10.0. The van der Waals surface area contributed by atoms with Crippen LogP contribution < -0.4 is 10.1 Å². The summed E-state index contributed by atoms with van der Waals surface area (Å²) in [5, 5.41) is 3.60. The van der Waals surface area contributed by atoms with Gasteiger partial charge in [0, 0.05) is 31.7 Å². The summed E-state index contributed by atoms with van der Waals surface area (Å²) in [6, 6.07) is 8.75. The van der Waals surface area contributed by atoms with E-state index in [0.29, 0.717) is 6.04 Å². The number of rotatable bonds is 6. The van der Waals surface area contributed by atoms with Crippen LogP contribution >= 0.6 is 0 Å². The molecule has 0 saturated carbocycles. The van der Waals surface area contributed by atoms with E-state index in [1.54, 1.807) is 7.11 Å². The van der Waals surface area contributed by atoms with Gasteiger partial charge in [0.2, 0.25) is 0 Å². The fourth-order valence-electron chi connectivity index (χ4n) is 2.20. The van der Waals surface area contributed by atoms with Crippen LogP contribution in [0.2, 0.25) is 0 Å². The smallest absolute Gasteiger partial charge is 0.124 e. The molecule has 0 aromatic heterocycles. The van der Waals surface area contributed by atoms with E-state index in [4.69, 9.17) is 9.47 Å². The minimum atomic E-state index is 0.447. The van der Waals surface area contributed by atoms with Crippen molar-refractivity contribution in [2.75, 3.05) is 26.9 Å². The molecule has 1 aromatic rings. The number of unbranched alkanes of at least 4 members (excludes halogenated alkanes) is 1. The van der Waals surface area contributed by atoms with Gasteiger partial charge in [-0.1, -0.05) is 18.2 Å². The summed E-state index contributed by atoms with van der Waals surface area (Å²) >= 11 is 0. The van der Waals surface area contributed by atoms with Gasteiger partial charge in [-0.05, 0) is 25.5 Å². The van der Waals surface area contributed by atoms with E-state index in [2.05, 4.69) is 17.4 Å². The Morgan fingerprint density at radius 3 is 3.12 bits per heavy atom. The Labute approximate surface area is 103 Å². The van der Waals surface area contributed by atoms with Gasteiger partial charge in [0.05, 0.1) is 6.61 Å². The molecule has 3 heteroatoms. The molecular weight excluding hydrogens is 214 g/mol. The summed E-state index contributed by atoms with van der Waals surface area (Å²) in [4.78, 5) is 0. The minimum Gasteiger partial charge on any atom is -0.493 e. The van der Waals surface area contributed by atoms with Crippen molar-refractivity contribution in [2.45, 2.75) is 25.3 Å². The molecule has 1 atom stereocenters. The van der Waals surface area contributed by atoms with Gasteiger partial charge in [-0.3, -0.25) is 0 Å². The van der Waals surface area contributed by atoms with Gasteiger partial charge in [-0.15, -0.1) is 0 Å². The van der Waals surface area contributed by atoms with Crippen LogP contribution in [0.5, 0.6) is 5.75 Å². The second-order valence-corrected chi connectivity index (χ2v) is 4.38. The van der Waals surface area contributed by atoms with Crippen molar-refractivity contribution in [3.8, 4) is 5.75 Å². The van der Waals surface area contributed by atoms with Gasteiger partial charge < -0.3 is 14.8 Å². The largest absolute Gasteiger partial charge is 0.493 e. The number of ether oxygens (including phenoxy) is 2. The summed E-state index contributed by atoms with van der Waals surface area (Å²) in [5.41, 5.74) is 1.30. The zero-order chi connectivity index (χ0) is 11.9. The number of nitrogens with one attached hydrogen (secondary N) is 1. The van der Waals surface area contributed by atoms with Crippen LogP contribution in [0.1, 0.15) is 30.9 Å². The molecule has 2 rings (SSSR count). The van der Waals surface area contributed by atoms with Gasteiger partial charge in [0.15, 0.2) is 0 Å². The first-order valence-electron chi connectivity index (χ1n) is 6.36. The molecule has 0 bridgehead atoms. The van der Waals surface area contributed by atoms with Gasteiger partial charge in [0.25, 0.3) is 0 Å². The van der Waals surface area contributed by atoms with E-state index < -0.39 is 0 Å². The summed E-state index contributed by atoms with van der Waals surface area (Å²) < 4.78 is 10.7. The normalized spacial score (nSPS) is 18.5.